The zero-order valence-corrected chi connectivity index (χ0v) is 20.3. The summed E-state index contributed by atoms with van der Waals surface area (Å²) in [6.45, 7) is 5.45. The van der Waals surface area contributed by atoms with Gasteiger partial charge in [-0.15, -0.1) is 0 Å². The van der Waals surface area contributed by atoms with E-state index in [2.05, 4.69) is 88.9 Å². The summed E-state index contributed by atoms with van der Waals surface area (Å²) in [5, 5.41) is 4.89. The van der Waals surface area contributed by atoms with E-state index in [0.717, 1.165) is 43.3 Å². The molecule has 0 saturated heterocycles. The molecule has 0 radical (unpaired) electrons. The van der Waals surface area contributed by atoms with Crippen LogP contribution in [-0.4, -0.2) is 34.6 Å². The fraction of sp³-hybridized carbons (Fsp3) is 0.276. The molecule has 0 amide bonds. The number of nitrogens with zero attached hydrogens (tertiary/aromatic N) is 1. The highest BCUT2D eigenvalue weighted by Gasteiger charge is 2.43. The first-order valence-electron chi connectivity index (χ1n) is 12.1. The first-order valence-corrected chi connectivity index (χ1v) is 12.5. The van der Waals surface area contributed by atoms with Crippen LogP contribution in [0.4, 0.5) is 0 Å². The number of benzene rings is 3. The summed E-state index contributed by atoms with van der Waals surface area (Å²) < 4.78 is 5.80. The highest BCUT2D eigenvalue weighted by Crippen LogP contribution is 2.44. The lowest BCUT2D eigenvalue weighted by Gasteiger charge is -2.47. The minimum absolute atomic E-state index is 0.379. The molecule has 4 nitrogen and oxygen atoms in total. The number of para-hydroxylation sites is 1. The Morgan fingerprint density at radius 1 is 1.06 bits per heavy atom. The highest BCUT2D eigenvalue weighted by atomic mass is 32.1. The van der Waals surface area contributed by atoms with Crippen molar-refractivity contribution >= 4 is 28.1 Å². The Bertz CT molecular complexity index is 1360. The second-order valence-electron chi connectivity index (χ2n) is 9.40. The number of hydrogen-bond donors (Lipinski definition) is 2. The van der Waals surface area contributed by atoms with Crippen LogP contribution in [0.5, 0.6) is 5.75 Å². The van der Waals surface area contributed by atoms with Crippen LogP contribution in [0.2, 0.25) is 0 Å². The minimum Gasteiger partial charge on any atom is -0.493 e. The van der Waals surface area contributed by atoms with Crippen LogP contribution >= 0.6 is 12.2 Å². The van der Waals surface area contributed by atoms with Crippen LogP contribution in [-0.2, 0) is 24.9 Å². The van der Waals surface area contributed by atoms with Gasteiger partial charge in [-0.3, -0.25) is 0 Å². The fourth-order valence-corrected chi connectivity index (χ4v) is 6.00. The third-order valence-corrected chi connectivity index (χ3v) is 7.79. The lowest BCUT2D eigenvalue weighted by Crippen LogP contribution is -2.54. The van der Waals surface area contributed by atoms with Crippen molar-refractivity contribution in [2.75, 3.05) is 19.7 Å². The Balaban J connectivity index is 1.38. The maximum atomic E-state index is 6.07. The molecule has 2 aliphatic heterocycles. The number of thiocarbonyl (C=S) groups is 1. The van der Waals surface area contributed by atoms with E-state index in [9.17, 15) is 0 Å². The molecule has 0 aliphatic carbocycles. The Hall–Kier alpha value is -3.15. The van der Waals surface area contributed by atoms with Crippen LogP contribution in [0.25, 0.3) is 10.9 Å². The van der Waals surface area contributed by atoms with Gasteiger partial charge < -0.3 is 19.9 Å². The number of nitrogens with one attached hydrogen (secondary N) is 2. The van der Waals surface area contributed by atoms with Gasteiger partial charge in [0.2, 0.25) is 0 Å². The van der Waals surface area contributed by atoms with E-state index < -0.39 is 0 Å². The van der Waals surface area contributed by atoms with Crippen LogP contribution in [0, 0.1) is 0 Å². The lowest BCUT2D eigenvalue weighted by molar-refractivity contribution is 0.221. The summed E-state index contributed by atoms with van der Waals surface area (Å²) in [5.74, 6) is 1.01. The van der Waals surface area contributed by atoms with E-state index in [-0.39, 0.29) is 5.54 Å². The Kier molecular flexibility index (Phi) is 5.39. The second-order valence-corrected chi connectivity index (χ2v) is 9.87. The summed E-state index contributed by atoms with van der Waals surface area (Å²) in [6, 6.07) is 25.8. The molecule has 2 aliphatic rings. The largest absolute Gasteiger partial charge is 0.493 e. The molecule has 0 fully saturated rings. The predicted octanol–water partition coefficient (Wildman–Crippen LogP) is 5.34. The quantitative estimate of drug-likeness (QED) is 0.389. The SMILES string of the molecule is CC1(c2ccc3c(c2)CCO3)c2[nH]c3ccccc3c2CCN1C(=S)CNCc1ccccc1. The van der Waals surface area contributed by atoms with Gasteiger partial charge in [-0.25, -0.2) is 0 Å². The molecule has 34 heavy (non-hydrogen) atoms. The summed E-state index contributed by atoms with van der Waals surface area (Å²) in [5.41, 5.74) is 7.29. The molecular formula is C29H29N3OS. The average molecular weight is 468 g/mol. The van der Waals surface area contributed by atoms with E-state index in [1.54, 1.807) is 0 Å². The summed E-state index contributed by atoms with van der Waals surface area (Å²) in [4.78, 5) is 7.16. The number of rotatable bonds is 5. The number of ether oxygens (including phenoxy) is 1. The maximum Gasteiger partial charge on any atom is 0.122 e. The normalized spacial score (nSPS) is 19.0. The van der Waals surface area contributed by atoms with Gasteiger partial charge in [-0.2, -0.15) is 0 Å². The third kappa shape index (κ3) is 3.51. The van der Waals surface area contributed by atoms with Gasteiger partial charge in [-0.1, -0.05) is 66.8 Å². The van der Waals surface area contributed by atoms with Crippen molar-refractivity contribution in [1.29, 1.82) is 0 Å². The van der Waals surface area contributed by atoms with E-state index >= 15 is 0 Å². The van der Waals surface area contributed by atoms with Gasteiger partial charge in [0.15, 0.2) is 0 Å². The number of aromatic nitrogens is 1. The Morgan fingerprint density at radius 3 is 2.76 bits per heavy atom. The number of H-pyrrole nitrogens is 1. The van der Waals surface area contributed by atoms with E-state index in [0.29, 0.717) is 6.54 Å². The monoisotopic (exact) mass is 467 g/mol. The van der Waals surface area contributed by atoms with Crippen molar-refractivity contribution in [3.8, 4) is 5.75 Å². The van der Waals surface area contributed by atoms with Crippen LogP contribution in [0.1, 0.15) is 34.9 Å². The van der Waals surface area contributed by atoms with Crippen LogP contribution < -0.4 is 10.1 Å². The predicted molar refractivity (Wildman–Crippen MR) is 142 cm³/mol. The summed E-state index contributed by atoms with van der Waals surface area (Å²) in [6.07, 6.45) is 1.93. The fourth-order valence-electron chi connectivity index (χ4n) is 5.63. The molecule has 6 rings (SSSR count). The van der Waals surface area contributed by atoms with Gasteiger partial charge >= 0.3 is 0 Å². The highest BCUT2D eigenvalue weighted by molar-refractivity contribution is 7.80. The molecule has 0 spiro atoms. The number of aromatic amines is 1. The lowest BCUT2D eigenvalue weighted by atomic mass is 9.80. The van der Waals surface area contributed by atoms with Crippen molar-refractivity contribution in [3.05, 3.63) is 101 Å². The van der Waals surface area contributed by atoms with Crippen LogP contribution in [0.15, 0.2) is 72.8 Å². The van der Waals surface area contributed by atoms with E-state index in [1.807, 2.05) is 6.07 Å². The number of hydrogen-bond acceptors (Lipinski definition) is 3. The van der Waals surface area contributed by atoms with Crippen molar-refractivity contribution in [1.82, 2.24) is 15.2 Å². The molecule has 0 bridgehead atoms. The minimum atomic E-state index is -0.379. The molecule has 4 aromatic rings. The molecule has 1 atom stereocenters. The smallest absolute Gasteiger partial charge is 0.122 e. The molecule has 1 aromatic heterocycles. The maximum absolute atomic E-state index is 6.07. The first-order chi connectivity index (χ1) is 16.6. The van der Waals surface area contributed by atoms with E-state index in [4.69, 9.17) is 17.0 Å². The van der Waals surface area contributed by atoms with Gasteiger partial charge in [0.1, 0.15) is 11.3 Å². The van der Waals surface area contributed by atoms with Crippen molar-refractivity contribution in [2.24, 2.45) is 0 Å². The van der Waals surface area contributed by atoms with Gasteiger partial charge in [-0.05, 0) is 53.8 Å². The zero-order valence-electron chi connectivity index (χ0n) is 19.4. The molecule has 2 N–H and O–H groups in total. The van der Waals surface area contributed by atoms with Crippen molar-refractivity contribution in [2.45, 2.75) is 31.8 Å². The molecule has 5 heteroatoms. The van der Waals surface area contributed by atoms with Crippen LogP contribution in [0.3, 0.4) is 0 Å². The first kappa shape index (κ1) is 21.4. The van der Waals surface area contributed by atoms with Gasteiger partial charge in [0.05, 0.1) is 11.6 Å². The van der Waals surface area contributed by atoms with Gasteiger partial charge in [0, 0.05) is 42.7 Å². The Labute approximate surface area is 205 Å². The molecular weight excluding hydrogens is 438 g/mol. The number of fused-ring (bicyclic) bond motifs is 4. The molecule has 172 valence electrons. The third-order valence-electron chi connectivity index (χ3n) is 7.43. The van der Waals surface area contributed by atoms with Crippen molar-refractivity contribution in [3.63, 3.8) is 0 Å². The summed E-state index contributed by atoms with van der Waals surface area (Å²) >= 11 is 6.07. The topological polar surface area (TPSA) is 40.3 Å². The molecule has 0 saturated carbocycles. The molecule has 3 heterocycles. The summed E-state index contributed by atoms with van der Waals surface area (Å²) in [7, 11) is 0. The average Bonchev–Trinajstić information content (AvgIpc) is 3.49. The zero-order chi connectivity index (χ0) is 23.1. The van der Waals surface area contributed by atoms with Crippen molar-refractivity contribution < 1.29 is 4.74 Å². The molecule has 1 unspecified atom stereocenters. The second kappa shape index (κ2) is 8.57. The standard InChI is InChI=1S/C29H29N3OS/c1-29(22-11-12-26-21(17-22)14-16-33-26)28-24(23-9-5-6-10-25(23)31-28)13-15-32(29)27(34)19-30-18-20-7-3-2-4-8-20/h2-12,17,30-31H,13-16,18-19H2,1H3. The Morgan fingerprint density at radius 2 is 1.88 bits per heavy atom. The molecule has 3 aromatic carbocycles. The van der Waals surface area contributed by atoms with E-state index in [1.165, 1.54) is 38.9 Å². The van der Waals surface area contributed by atoms with Gasteiger partial charge in [0.25, 0.3) is 0 Å².